The van der Waals surface area contributed by atoms with Crippen LogP contribution < -0.4 is 0 Å². The number of methoxy groups -OCH3 is 2. The fourth-order valence-corrected chi connectivity index (χ4v) is 6.26. The number of ether oxygens (including phenoxy) is 2. The fourth-order valence-electron chi connectivity index (χ4n) is 6.26. The highest BCUT2D eigenvalue weighted by Gasteiger charge is 2.33. The van der Waals surface area contributed by atoms with Crippen LogP contribution in [0.25, 0.3) is 0 Å². The van der Waals surface area contributed by atoms with E-state index in [9.17, 15) is 9.59 Å². The Kier molecular flexibility index (Phi) is 6.15. The molecule has 32 heavy (non-hydrogen) atoms. The van der Waals surface area contributed by atoms with E-state index in [-0.39, 0.29) is 0 Å². The molecule has 0 aliphatic heterocycles. The summed E-state index contributed by atoms with van der Waals surface area (Å²) >= 11 is 0. The molecule has 0 atom stereocenters. The molecule has 0 heterocycles. The van der Waals surface area contributed by atoms with Crippen molar-refractivity contribution in [3.05, 3.63) is 66.8 Å². The molecule has 0 unspecified atom stereocenters. The molecule has 170 valence electrons. The Morgan fingerprint density at radius 1 is 0.656 bits per heavy atom. The summed E-state index contributed by atoms with van der Waals surface area (Å²) < 4.78 is 10.2. The number of esters is 2. The van der Waals surface area contributed by atoms with E-state index in [1.807, 2.05) is 13.8 Å². The van der Waals surface area contributed by atoms with E-state index < -0.39 is 11.9 Å². The highest BCUT2D eigenvalue weighted by Crippen LogP contribution is 2.42. The van der Waals surface area contributed by atoms with Crippen molar-refractivity contribution in [1.29, 1.82) is 0 Å². The monoisotopic (exact) mass is 434 g/mol. The summed E-state index contributed by atoms with van der Waals surface area (Å²) in [6, 6.07) is 0. The molecule has 4 heteroatoms. The number of rotatable bonds is 4. The zero-order valence-electron chi connectivity index (χ0n) is 20.3. The van der Waals surface area contributed by atoms with E-state index in [0.29, 0.717) is 11.1 Å². The molecule has 4 nitrogen and oxygen atoms in total. The van der Waals surface area contributed by atoms with Crippen molar-refractivity contribution in [3.8, 4) is 0 Å². The second kappa shape index (κ2) is 8.73. The Bertz CT molecular complexity index is 1040. The zero-order valence-corrected chi connectivity index (χ0v) is 20.3. The van der Waals surface area contributed by atoms with Gasteiger partial charge in [-0.05, 0) is 121 Å². The average molecular weight is 435 g/mol. The van der Waals surface area contributed by atoms with Gasteiger partial charge in [0, 0.05) is 0 Å². The molecular weight excluding hydrogens is 400 g/mol. The van der Waals surface area contributed by atoms with Gasteiger partial charge in [0.25, 0.3) is 0 Å². The van der Waals surface area contributed by atoms with Gasteiger partial charge in [-0.2, -0.15) is 0 Å². The number of fused-ring (bicyclic) bond motifs is 3. The summed E-state index contributed by atoms with van der Waals surface area (Å²) in [6.07, 6.45) is 8.59. The standard InChI is InChI=1S/C28H34O4/c1-7-17-19-11-9-10-12-20(19)18(8-2)24-14-22-16(4)26(28(30)32-6)25(27(29)31-5)15(3)21(22)13-23(17)24/h7-14H2,1-6H3. The molecule has 0 bridgehead atoms. The van der Waals surface area contributed by atoms with E-state index >= 15 is 0 Å². The van der Waals surface area contributed by atoms with Gasteiger partial charge in [-0.15, -0.1) is 0 Å². The van der Waals surface area contributed by atoms with Crippen LogP contribution in [0.15, 0.2) is 0 Å². The molecule has 0 aromatic heterocycles. The van der Waals surface area contributed by atoms with Gasteiger partial charge in [-0.3, -0.25) is 0 Å². The molecule has 4 rings (SSSR count). The van der Waals surface area contributed by atoms with Crippen LogP contribution in [-0.2, 0) is 48.0 Å². The number of hydrogen-bond acceptors (Lipinski definition) is 4. The lowest BCUT2D eigenvalue weighted by Crippen LogP contribution is -2.24. The van der Waals surface area contributed by atoms with Gasteiger partial charge in [0.2, 0.25) is 0 Å². The first-order valence-corrected chi connectivity index (χ1v) is 11.9. The second-order valence-corrected chi connectivity index (χ2v) is 9.08. The fraction of sp³-hybridized carbons (Fsp3) is 0.500. The lowest BCUT2D eigenvalue weighted by atomic mass is 9.71. The predicted molar refractivity (Wildman–Crippen MR) is 126 cm³/mol. The van der Waals surface area contributed by atoms with Gasteiger partial charge >= 0.3 is 11.9 Å². The minimum atomic E-state index is -0.477. The van der Waals surface area contributed by atoms with E-state index in [4.69, 9.17) is 9.47 Å². The molecule has 0 saturated heterocycles. The summed E-state index contributed by atoms with van der Waals surface area (Å²) in [5.41, 5.74) is 13.9. The van der Waals surface area contributed by atoms with Gasteiger partial charge in [0.1, 0.15) is 0 Å². The smallest absolute Gasteiger partial charge is 0.339 e. The molecule has 0 N–H and O–H groups in total. The van der Waals surface area contributed by atoms with Crippen LogP contribution in [0.2, 0.25) is 0 Å². The quantitative estimate of drug-likeness (QED) is 0.518. The summed E-state index contributed by atoms with van der Waals surface area (Å²) in [5, 5.41) is 0. The highest BCUT2D eigenvalue weighted by atomic mass is 16.5. The summed E-state index contributed by atoms with van der Waals surface area (Å²) in [7, 11) is 2.73. The third kappa shape index (κ3) is 3.27. The third-order valence-corrected chi connectivity index (χ3v) is 7.75. The molecule has 0 spiro atoms. The lowest BCUT2D eigenvalue weighted by molar-refractivity contribution is 0.0553. The minimum absolute atomic E-state index is 0.353. The summed E-state index contributed by atoms with van der Waals surface area (Å²) in [6.45, 7) is 8.44. The van der Waals surface area contributed by atoms with Gasteiger partial charge < -0.3 is 9.47 Å². The first kappa shape index (κ1) is 22.6. The molecule has 0 saturated carbocycles. The molecule has 2 aromatic rings. The van der Waals surface area contributed by atoms with Crippen molar-refractivity contribution in [3.63, 3.8) is 0 Å². The Balaban J connectivity index is 2.02. The van der Waals surface area contributed by atoms with Gasteiger partial charge in [0.05, 0.1) is 25.3 Å². The third-order valence-electron chi connectivity index (χ3n) is 7.75. The Hall–Kier alpha value is -2.62. The first-order valence-electron chi connectivity index (χ1n) is 11.9. The van der Waals surface area contributed by atoms with Gasteiger partial charge in [-0.1, -0.05) is 13.8 Å². The predicted octanol–water partition coefficient (Wildman–Crippen LogP) is 5.38. The second-order valence-electron chi connectivity index (χ2n) is 9.08. The summed E-state index contributed by atoms with van der Waals surface area (Å²) in [4.78, 5) is 25.5. The van der Waals surface area contributed by atoms with Gasteiger partial charge in [0.15, 0.2) is 0 Å². The van der Waals surface area contributed by atoms with E-state index in [2.05, 4.69) is 13.8 Å². The van der Waals surface area contributed by atoms with E-state index in [1.54, 1.807) is 11.1 Å². The molecule has 0 amide bonds. The summed E-state index contributed by atoms with van der Waals surface area (Å²) in [5.74, 6) is -0.954. The van der Waals surface area contributed by atoms with Crippen LogP contribution in [0.4, 0.5) is 0 Å². The van der Waals surface area contributed by atoms with Crippen LogP contribution in [0, 0.1) is 13.8 Å². The number of carbonyl (C=O) groups is 2. The topological polar surface area (TPSA) is 52.6 Å². The van der Waals surface area contributed by atoms with Crippen molar-refractivity contribution in [2.75, 3.05) is 14.2 Å². The largest absolute Gasteiger partial charge is 0.465 e. The van der Waals surface area contributed by atoms with Crippen LogP contribution in [0.5, 0.6) is 0 Å². The van der Waals surface area contributed by atoms with Crippen molar-refractivity contribution in [2.45, 2.75) is 79.1 Å². The van der Waals surface area contributed by atoms with Crippen molar-refractivity contribution in [1.82, 2.24) is 0 Å². The van der Waals surface area contributed by atoms with Gasteiger partial charge in [-0.25, -0.2) is 9.59 Å². The first-order chi connectivity index (χ1) is 15.4. The normalized spacial score (nSPS) is 14.3. The molecule has 0 fully saturated rings. The Labute approximate surface area is 191 Å². The SMILES string of the molecule is CCc1c2c(c(CC)c3c1Cc1c(C)c(C(=O)OC)c(C(=O)OC)c(C)c1C3)CCCC2. The molecule has 0 radical (unpaired) electrons. The Morgan fingerprint density at radius 2 is 1.03 bits per heavy atom. The maximum absolute atomic E-state index is 12.7. The maximum Gasteiger partial charge on any atom is 0.339 e. The average Bonchev–Trinajstić information content (AvgIpc) is 2.82. The zero-order chi connectivity index (χ0) is 23.2. The van der Waals surface area contributed by atoms with Crippen LogP contribution in [-0.4, -0.2) is 26.2 Å². The van der Waals surface area contributed by atoms with Crippen LogP contribution >= 0.6 is 0 Å². The molecule has 2 aliphatic carbocycles. The highest BCUT2D eigenvalue weighted by molar-refractivity contribution is 6.06. The van der Waals surface area contributed by atoms with Crippen molar-refractivity contribution in [2.24, 2.45) is 0 Å². The van der Waals surface area contributed by atoms with Crippen LogP contribution in [0.3, 0.4) is 0 Å². The number of hydrogen-bond donors (Lipinski definition) is 0. The number of benzene rings is 2. The van der Waals surface area contributed by atoms with Crippen LogP contribution in [0.1, 0.15) is 103 Å². The number of carbonyl (C=O) groups excluding carboxylic acids is 2. The minimum Gasteiger partial charge on any atom is -0.465 e. The molecule has 2 aromatic carbocycles. The maximum atomic E-state index is 12.7. The van der Waals surface area contributed by atoms with Crippen molar-refractivity contribution < 1.29 is 19.1 Å². The Morgan fingerprint density at radius 3 is 1.34 bits per heavy atom. The lowest BCUT2D eigenvalue weighted by Gasteiger charge is -2.34. The van der Waals surface area contributed by atoms with Crippen molar-refractivity contribution >= 4 is 11.9 Å². The molecular formula is C28H34O4. The van der Waals surface area contributed by atoms with E-state index in [0.717, 1.165) is 36.8 Å². The van der Waals surface area contributed by atoms with E-state index in [1.165, 1.54) is 73.3 Å². The molecule has 2 aliphatic rings.